The molecule has 0 aliphatic rings. The zero-order valence-corrected chi connectivity index (χ0v) is 8.33. The van der Waals surface area contributed by atoms with Crippen molar-refractivity contribution in [3.05, 3.63) is 0 Å². The summed E-state index contributed by atoms with van der Waals surface area (Å²) in [6.45, 7) is 5.68. The van der Waals surface area contributed by atoms with Crippen LogP contribution in [-0.2, 0) is 14.2 Å². The molecule has 0 aliphatic carbocycles. The van der Waals surface area contributed by atoms with Crippen LogP contribution in [-0.4, -0.2) is 51.4 Å². The van der Waals surface area contributed by atoms with Crippen molar-refractivity contribution in [2.24, 2.45) is 0 Å². The van der Waals surface area contributed by atoms with Crippen LogP contribution in [0.2, 0.25) is 0 Å². The lowest BCUT2D eigenvalue weighted by Gasteiger charge is -2.05. The lowest BCUT2D eigenvalue weighted by Crippen LogP contribution is -2.10. The van der Waals surface area contributed by atoms with E-state index in [0.29, 0.717) is 33.0 Å². The molecule has 0 bridgehead atoms. The van der Waals surface area contributed by atoms with Gasteiger partial charge in [0.2, 0.25) is 0 Å². The van der Waals surface area contributed by atoms with Crippen molar-refractivity contribution in [3.8, 4) is 0 Å². The highest BCUT2D eigenvalue weighted by molar-refractivity contribution is 4.33. The van der Waals surface area contributed by atoms with Crippen LogP contribution in [0.5, 0.6) is 0 Å². The first-order valence-electron chi connectivity index (χ1n) is 4.76. The molecule has 0 heterocycles. The first-order chi connectivity index (χ1) is 6.41. The molecule has 0 spiro atoms. The first-order valence-corrected chi connectivity index (χ1v) is 4.76. The maximum absolute atomic E-state index is 8.38. The molecule has 0 rings (SSSR count). The van der Waals surface area contributed by atoms with Crippen molar-refractivity contribution >= 4 is 0 Å². The molecule has 4 nitrogen and oxygen atoms in total. The van der Waals surface area contributed by atoms with Crippen LogP contribution < -0.4 is 0 Å². The van der Waals surface area contributed by atoms with Crippen LogP contribution in [0, 0.1) is 0 Å². The van der Waals surface area contributed by atoms with Crippen LogP contribution in [0.4, 0.5) is 0 Å². The van der Waals surface area contributed by atoms with Gasteiger partial charge in [0.15, 0.2) is 0 Å². The maximum Gasteiger partial charge on any atom is 0.0701 e. The number of rotatable bonds is 10. The van der Waals surface area contributed by atoms with E-state index in [1.54, 1.807) is 0 Å². The molecule has 0 atom stereocenters. The fraction of sp³-hybridized carbons (Fsp3) is 1.00. The summed E-state index contributed by atoms with van der Waals surface area (Å²) in [7, 11) is 0. The number of aliphatic hydroxyl groups excluding tert-OH is 1. The molecule has 0 aromatic rings. The van der Waals surface area contributed by atoms with E-state index in [2.05, 4.69) is 6.92 Å². The molecule has 0 amide bonds. The number of aliphatic hydroxyl groups is 1. The van der Waals surface area contributed by atoms with Crippen molar-refractivity contribution in [1.82, 2.24) is 0 Å². The van der Waals surface area contributed by atoms with Gasteiger partial charge in [0.1, 0.15) is 0 Å². The monoisotopic (exact) mass is 192 g/mol. The zero-order chi connectivity index (χ0) is 9.78. The van der Waals surface area contributed by atoms with Crippen LogP contribution in [0.25, 0.3) is 0 Å². The molecule has 0 fully saturated rings. The standard InChI is InChI=1S/C9H20O4/c1-2-4-11-6-8-13-9-7-12-5-3-10/h10H,2-9H2,1H3. The summed E-state index contributed by atoms with van der Waals surface area (Å²) in [6, 6.07) is 0. The summed E-state index contributed by atoms with van der Waals surface area (Å²) in [5.74, 6) is 0. The molecule has 0 aliphatic heterocycles. The van der Waals surface area contributed by atoms with E-state index < -0.39 is 0 Å². The molecule has 0 aromatic heterocycles. The second kappa shape index (κ2) is 11.8. The third-order valence-corrected chi connectivity index (χ3v) is 1.33. The molecule has 0 radical (unpaired) electrons. The maximum atomic E-state index is 8.38. The van der Waals surface area contributed by atoms with E-state index in [1.807, 2.05) is 0 Å². The van der Waals surface area contributed by atoms with Crippen molar-refractivity contribution in [3.63, 3.8) is 0 Å². The van der Waals surface area contributed by atoms with Crippen LogP contribution in [0.3, 0.4) is 0 Å². The fourth-order valence-corrected chi connectivity index (χ4v) is 0.751. The minimum Gasteiger partial charge on any atom is -0.394 e. The van der Waals surface area contributed by atoms with Gasteiger partial charge in [-0.2, -0.15) is 0 Å². The highest BCUT2D eigenvalue weighted by atomic mass is 16.5. The Morgan fingerprint density at radius 2 is 1.23 bits per heavy atom. The Labute approximate surface area is 79.8 Å². The summed E-state index contributed by atoms with van der Waals surface area (Å²) in [4.78, 5) is 0. The average molecular weight is 192 g/mol. The van der Waals surface area contributed by atoms with Crippen molar-refractivity contribution in [1.29, 1.82) is 0 Å². The molecule has 0 saturated heterocycles. The lowest BCUT2D eigenvalue weighted by molar-refractivity contribution is 0.00783. The Morgan fingerprint density at radius 1 is 0.769 bits per heavy atom. The molecule has 13 heavy (non-hydrogen) atoms. The van der Waals surface area contributed by atoms with Crippen molar-refractivity contribution < 1.29 is 19.3 Å². The predicted molar refractivity (Wildman–Crippen MR) is 49.8 cm³/mol. The van der Waals surface area contributed by atoms with E-state index in [9.17, 15) is 0 Å². The predicted octanol–water partition coefficient (Wildman–Crippen LogP) is 0.439. The second-order valence-corrected chi connectivity index (χ2v) is 2.56. The van der Waals surface area contributed by atoms with Gasteiger partial charge in [-0.05, 0) is 6.42 Å². The van der Waals surface area contributed by atoms with Crippen LogP contribution in [0.1, 0.15) is 13.3 Å². The number of hydrogen-bond donors (Lipinski definition) is 1. The van der Waals surface area contributed by atoms with Gasteiger partial charge in [0.05, 0.1) is 39.6 Å². The van der Waals surface area contributed by atoms with Gasteiger partial charge in [-0.15, -0.1) is 0 Å². The van der Waals surface area contributed by atoms with Crippen molar-refractivity contribution in [2.75, 3.05) is 46.2 Å². The first kappa shape index (κ1) is 12.8. The van der Waals surface area contributed by atoms with E-state index >= 15 is 0 Å². The Bertz CT molecular complexity index is 77.7. The summed E-state index contributed by atoms with van der Waals surface area (Å²) < 4.78 is 15.4. The third-order valence-electron chi connectivity index (χ3n) is 1.33. The molecule has 0 aromatic carbocycles. The third kappa shape index (κ3) is 11.8. The summed E-state index contributed by atoms with van der Waals surface area (Å²) in [6.07, 6.45) is 1.04. The average Bonchev–Trinajstić information content (AvgIpc) is 2.16. The molecular formula is C9H20O4. The Kier molecular flexibility index (Phi) is 11.7. The smallest absolute Gasteiger partial charge is 0.0701 e. The van der Waals surface area contributed by atoms with Gasteiger partial charge in [0.25, 0.3) is 0 Å². The lowest BCUT2D eigenvalue weighted by atomic mass is 10.5. The van der Waals surface area contributed by atoms with Gasteiger partial charge >= 0.3 is 0 Å². The largest absolute Gasteiger partial charge is 0.394 e. The topological polar surface area (TPSA) is 47.9 Å². The SMILES string of the molecule is CCCOCCOCCOCCO. The zero-order valence-electron chi connectivity index (χ0n) is 8.33. The highest BCUT2D eigenvalue weighted by Crippen LogP contribution is 1.82. The van der Waals surface area contributed by atoms with E-state index in [1.165, 1.54) is 0 Å². The Hall–Kier alpha value is -0.160. The molecule has 0 saturated carbocycles. The fourth-order valence-electron chi connectivity index (χ4n) is 0.751. The van der Waals surface area contributed by atoms with Crippen molar-refractivity contribution in [2.45, 2.75) is 13.3 Å². The highest BCUT2D eigenvalue weighted by Gasteiger charge is 1.89. The molecule has 1 N–H and O–H groups in total. The van der Waals surface area contributed by atoms with E-state index in [0.717, 1.165) is 13.0 Å². The van der Waals surface area contributed by atoms with E-state index in [4.69, 9.17) is 19.3 Å². The minimum absolute atomic E-state index is 0.0691. The Morgan fingerprint density at radius 3 is 1.69 bits per heavy atom. The van der Waals surface area contributed by atoms with Gasteiger partial charge in [-0.25, -0.2) is 0 Å². The number of ether oxygens (including phenoxy) is 3. The van der Waals surface area contributed by atoms with Gasteiger partial charge in [-0.1, -0.05) is 6.92 Å². The van der Waals surface area contributed by atoms with Crippen LogP contribution >= 0.6 is 0 Å². The van der Waals surface area contributed by atoms with E-state index in [-0.39, 0.29) is 6.61 Å². The molecule has 4 heteroatoms. The molecule has 80 valence electrons. The van der Waals surface area contributed by atoms with Gasteiger partial charge < -0.3 is 19.3 Å². The summed E-state index contributed by atoms with van der Waals surface area (Å²) in [5, 5.41) is 8.38. The quantitative estimate of drug-likeness (QED) is 0.510. The normalized spacial score (nSPS) is 10.6. The second-order valence-electron chi connectivity index (χ2n) is 2.56. The Balaban J connectivity index is 2.76. The molecule has 0 unspecified atom stereocenters. The summed E-state index contributed by atoms with van der Waals surface area (Å²) >= 11 is 0. The number of hydrogen-bond acceptors (Lipinski definition) is 4. The van der Waals surface area contributed by atoms with Crippen LogP contribution in [0.15, 0.2) is 0 Å². The summed E-state index contributed by atoms with van der Waals surface area (Å²) in [5.41, 5.74) is 0. The minimum atomic E-state index is 0.0691. The molecular weight excluding hydrogens is 172 g/mol. The van der Waals surface area contributed by atoms with Gasteiger partial charge in [-0.3, -0.25) is 0 Å². The van der Waals surface area contributed by atoms with Gasteiger partial charge in [0, 0.05) is 6.61 Å².